The highest BCUT2D eigenvalue weighted by molar-refractivity contribution is 7.80. The minimum atomic E-state index is 0.0181. The second-order valence-electron chi connectivity index (χ2n) is 5.39. The van der Waals surface area contributed by atoms with E-state index in [-0.39, 0.29) is 5.91 Å². The van der Waals surface area contributed by atoms with Crippen molar-refractivity contribution in [3.63, 3.8) is 0 Å². The van der Waals surface area contributed by atoms with Crippen molar-refractivity contribution in [2.45, 2.75) is 37.5 Å². The quantitative estimate of drug-likeness (QED) is 0.803. The van der Waals surface area contributed by atoms with Gasteiger partial charge < -0.3 is 5.32 Å². The summed E-state index contributed by atoms with van der Waals surface area (Å²) >= 11 is 4.25. The molecule has 0 saturated heterocycles. The molecule has 18 heavy (non-hydrogen) atoms. The lowest BCUT2D eigenvalue weighted by Gasteiger charge is -2.26. The fraction of sp³-hybridized carbons (Fsp3) is 0.533. The monoisotopic (exact) mass is 263 g/mol. The largest absolute Gasteiger partial charge is 0.352 e. The molecule has 2 rings (SSSR count). The highest BCUT2D eigenvalue weighted by Gasteiger charge is 2.18. The lowest BCUT2D eigenvalue weighted by Crippen LogP contribution is -2.31. The number of amides is 1. The molecule has 0 bridgehead atoms. The normalized spacial score (nSPS) is 23.7. The number of thiol groups is 1. The van der Waals surface area contributed by atoms with E-state index in [2.05, 4.69) is 24.9 Å². The van der Waals surface area contributed by atoms with Crippen molar-refractivity contribution in [3.05, 3.63) is 29.8 Å². The third kappa shape index (κ3) is 3.77. The summed E-state index contributed by atoms with van der Waals surface area (Å²) in [5.74, 6) is 1.53. The van der Waals surface area contributed by atoms with Gasteiger partial charge in [0, 0.05) is 17.0 Å². The van der Waals surface area contributed by atoms with Crippen molar-refractivity contribution in [2.75, 3.05) is 6.54 Å². The molecule has 0 heterocycles. The standard InChI is InChI=1S/C15H21NOS/c1-11-5-7-12(8-6-11)10-16-15(17)13-3-2-4-14(18)9-13/h2-4,9,11-12,18H,5-8,10H2,1H3,(H,16,17). The van der Waals surface area contributed by atoms with Gasteiger partial charge >= 0.3 is 0 Å². The van der Waals surface area contributed by atoms with Gasteiger partial charge in [0.15, 0.2) is 0 Å². The number of carbonyl (C=O) groups excluding carboxylic acids is 1. The van der Waals surface area contributed by atoms with E-state index < -0.39 is 0 Å². The summed E-state index contributed by atoms with van der Waals surface area (Å²) in [4.78, 5) is 12.8. The van der Waals surface area contributed by atoms with Gasteiger partial charge in [-0.25, -0.2) is 0 Å². The molecule has 1 aromatic rings. The zero-order valence-electron chi connectivity index (χ0n) is 10.9. The molecule has 0 aliphatic heterocycles. The SMILES string of the molecule is CC1CCC(CNC(=O)c2cccc(S)c2)CC1. The molecule has 3 heteroatoms. The molecule has 0 atom stereocenters. The third-order valence-corrected chi connectivity index (χ3v) is 4.07. The number of benzene rings is 1. The van der Waals surface area contributed by atoms with Gasteiger partial charge in [-0.2, -0.15) is 0 Å². The average Bonchev–Trinajstić information content (AvgIpc) is 2.38. The van der Waals surface area contributed by atoms with E-state index in [9.17, 15) is 4.79 Å². The van der Waals surface area contributed by atoms with E-state index in [1.165, 1.54) is 25.7 Å². The molecule has 1 N–H and O–H groups in total. The first-order valence-electron chi connectivity index (χ1n) is 6.72. The van der Waals surface area contributed by atoms with Gasteiger partial charge in [0.1, 0.15) is 0 Å². The van der Waals surface area contributed by atoms with Gasteiger partial charge in [-0.05, 0) is 42.9 Å². The van der Waals surface area contributed by atoms with Crippen LogP contribution in [0.5, 0.6) is 0 Å². The van der Waals surface area contributed by atoms with E-state index in [0.29, 0.717) is 11.5 Å². The lowest BCUT2D eigenvalue weighted by molar-refractivity contribution is 0.0941. The van der Waals surface area contributed by atoms with Crippen molar-refractivity contribution in [1.29, 1.82) is 0 Å². The van der Waals surface area contributed by atoms with Crippen molar-refractivity contribution in [2.24, 2.45) is 11.8 Å². The summed E-state index contributed by atoms with van der Waals surface area (Å²) in [5.41, 5.74) is 0.701. The fourth-order valence-corrected chi connectivity index (χ4v) is 2.74. The molecule has 1 aliphatic carbocycles. The Kier molecular flexibility index (Phi) is 4.70. The molecule has 2 nitrogen and oxygen atoms in total. The van der Waals surface area contributed by atoms with Gasteiger partial charge in [0.05, 0.1) is 0 Å². The molecular formula is C15H21NOS. The average molecular weight is 263 g/mol. The molecule has 1 aliphatic rings. The lowest BCUT2D eigenvalue weighted by atomic mass is 9.83. The smallest absolute Gasteiger partial charge is 0.251 e. The van der Waals surface area contributed by atoms with Crippen LogP contribution in [0.4, 0.5) is 0 Å². The number of hydrogen-bond donors (Lipinski definition) is 2. The van der Waals surface area contributed by atoms with Crippen LogP contribution in [0.1, 0.15) is 43.0 Å². The highest BCUT2D eigenvalue weighted by atomic mass is 32.1. The molecule has 1 amide bonds. The highest BCUT2D eigenvalue weighted by Crippen LogP contribution is 2.27. The number of nitrogens with one attached hydrogen (secondary N) is 1. The summed E-state index contributed by atoms with van der Waals surface area (Å²) in [6.07, 6.45) is 5.08. The summed E-state index contributed by atoms with van der Waals surface area (Å²) < 4.78 is 0. The van der Waals surface area contributed by atoms with E-state index in [0.717, 1.165) is 17.4 Å². The molecule has 1 fully saturated rings. The van der Waals surface area contributed by atoms with Gasteiger partial charge in [0.25, 0.3) is 5.91 Å². The van der Waals surface area contributed by atoms with E-state index in [1.54, 1.807) is 6.07 Å². The Morgan fingerprint density at radius 3 is 2.72 bits per heavy atom. The Balaban J connectivity index is 1.81. The maximum Gasteiger partial charge on any atom is 0.251 e. The zero-order chi connectivity index (χ0) is 13.0. The first kappa shape index (κ1) is 13.5. The van der Waals surface area contributed by atoms with Crippen LogP contribution in [-0.2, 0) is 0 Å². The van der Waals surface area contributed by atoms with Gasteiger partial charge in [-0.3, -0.25) is 4.79 Å². The molecule has 98 valence electrons. The molecule has 1 saturated carbocycles. The Morgan fingerprint density at radius 2 is 2.06 bits per heavy atom. The van der Waals surface area contributed by atoms with Gasteiger partial charge in [-0.15, -0.1) is 12.6 Å². The first-order valence-corrected chi connectivity index (χ1v) is 7.17. The summed E-state index contributed by atoms with van der Waals surface area (Å²) in [7, 11) is 0. The molecule has 0 radical (unpaired) electrons. The van der Waals surface area contributed by atoms with Gasteiger partial charge in [0.2, 0.25) is 0 Å². The van der Waals surface area contributed by atoms with Crippen LogP contribution >= 0.6 is 12.6 Å². The minimum Gasteiger partial charge on any atom is -0.352 e. The summed E-state index contributed by atoms with van der Waals surface area (Å²) in [6, 6.07) is 7.38. The van der Waals surface area contributed by atoms with Crippen LogP contribution in [0.15, 0.2) is 29.2 Å². The Bertz CT molecular complexity index is 411. The second kappa shape index (κ2) is 6.28. The van der Waals surface area contributed by atoms with Crippen LogP contribution in [0, 0.1) is 11.8 Å². The van der Waals surface area contributed by atoms with Crippen LogP contribution in [0.2, 0.25) is 0 Å². The van der Waals surface area contributed by atoms with Crippen LogP contribution < -0.4 is 5.32 Å². The molecule has 0 unspecified atom stereocenters. The predicted molar refractivity (Wildman–Crippen MR) is 77.1 cm³/mol. The third-order valence-electron chi connectivity index (χ3n) is 3.80. The number of hydrogen-bond acceptors (Lipinski definition) is 2. The van der Waals surface area contributed by atoms with Crippen molar-refractivity contribution in [3.8, 4) is 0 Å². The first-order chi connectivity index (χ1) is 8.65. The van der Waals surface area contributed by atoms with Crippen molar-refractivity contribution >= 4 is 18.5 Å². The summed E-state index contributed by atoms with van der Waals surface area (Å²) in [5, 5.41) is 3.04. The minimum absolute atomic E-state index is 0.0181. The Hall–Kier alpha value is -0.960. The van der Waals surface area contributed by atoms with Crippen molar-refractivity contribution < 1.29 is 4.79 Å². The zero-order valence-corrected chi connectivity index (χ0v) is 11.7. The molecular weight excluding hydrogens is 242 g/mol. The number of carbonyl (C=O) groups is 1. The molecule has 0 spiro atoms. The van der Waals surface area contributed by atoms with Crippen LogP contribution in [0.25, 0.3) is 0 Å². The van der Waals surface area contributed by atoms with Crippen LogP contribution in [-0.4, -0.2) is 12.5 Å². The van der Waals surface area contributed by atoms with E-state index >= 15 is 0 Å². The maximum atomic E-state index is 12.0. The fourth-order valence-electron chi connectivity index (χ4n) is 2.52. The Morgan fingerprint density at radius 1 is 1.33 bits per heavy atom. The van der Waals surface area contributed by atoms with E-state index in [1.807, 2.05) is 18.2 Å². The summed E-state index contributed by atoms with van der Waals surface area (Å²) in [6.45, 7) is 3.12. The Labute approximate surface area is 115 Å². The van der Waals surface area contributed by atoms with Crippen molar-refractivity contribution in [1.82, 2.24) is 5.32 Å². The second-order valence-corrected chi connectivity index (χ2v) is 5.90. The number of rotatable bonds is 3. The van der Waals surface area contributed by atoms with Crippen LogP contribution in [0.3, 0.4) is 0 Å². The predicted octanol–water partition coefficient (Wildman–Crippen LogP) is 3.53. The van der Waals surface area contributed by atoms with Gasteiger partial charge in [-0.1, -0.05) is 25.8 Å². The topological polar surface area (TPSA) is 29.1 Å². The molecule has 0 aromatic heterocycles. The maximum absolute atomic E-state index is 12.0. The molecule has 1 aromatic carbocycles. The van der Waals surface area contributed by atoms with E-state index in [4.69, 9.17) is 0 Å².